The number of nitrogens with zero attached hydrogens (tertiary/aromatic N) is 2. The molecule has 0 aliphatic carbocycles. The van der Waals surface area contributed by atoms with E-state index in [9.17, 15) is 4.79 Å². The summed E-state index contributed by atoms with van der Waals surface area (Å²) in [6.45, 7) is 5.41. The number of halogens is 1. The predicted octanol–water partition coefficient (Wildman–Crippen LogP) is 3.09. The molecule has 0 saturated heterocycles. The molecule has 0 aromatic carbocycles. The first-order valence-corrected chi connectivity index (χ1v) is 8.35. The van der Waals surface area contributed by atoms with Crippen molar-refractivity contribution in [2.45, 2.75) is 45.0 Å². The molecule has 0 atom stereocenters. The summed E-state index contributed by atoms with van der Waals surface area (Å²) in [4.78, 5) is 18.8. The number of alkyl halides is 1. The van der Waals surface area contributed by atoms with E-state index in [2.05, 4.69) is 18.8 Å². The van der Waals surface area contributed by atoms with E-state index in [-0.39, 0.29) is 11.9 Å². The molecule has 1 aromatic heterocycles. The molecule has 0 N–H and O–H groups in total. The normalized spacial score (nSPS) is 11.1. The lowest BCUT2D eigenvalue weighted by atomic mass is 10.1. The summed E-state index contributed by atoms with van der Waals surface area (Å²) in [5.74, 6) is 0.510. The van der Waals surface area contributed by atoms with Gasteiger partial charge in [-0.2, -0.15) is 0 Å². The second-order valence-electron chi connectivity index (χ2n) is 4.59. The molecule has 0 aliphatic heterocycles. The Morgan fingerprint density at radius 1 is 1.50 bits per heavy atom. The Bertz CT molecular complexity index is 408. The van der Waals surface area contributed by atoms with Gasteiger partial charge in [-0.25, -0.2) is 4.98 Å². The molecule has 0 unspecified atom stereocenters. The topological polar surface area (TPSA) is 42.4 Å². The van der Waals surface area contributed by atoms with Crippen molar-refractivity contribution in [3.63, 3.8) is 0 Å². The number of ether oxygens (including phenoxy) is 1. The maximum absolute atomic E-state index is 12.5. The molecule has 20 heavy (non-hydrogen) atoms. The summed E-state index contributed by atoms with van der Waals surface area (Å²) in [6, 6.07) is 0.269. The molecule has 6 heteroatoms. The van der Waals surface area contributed by atoms with Crippen LogP contribution in [-0.4, -0.2) is 42.1 Å². The highest BCUT2D eigenvalue weighted by molar-refractivity contribution is 7.09. The summed E-state index contributed by atoms with van der Waals surface area (Å²) in [5, 5.41) is 2.74. The molecule has 0 saturated carbocycles. The third-order valence-electron chi connectivity index (χ3n) is 3.28. The molecule has 0 aliphatic rings. The van der Waals surface area contributed by atoms with Crippen molar-refractivity contribution < 1.29 is 9.53 Å². The van der Waals surface area contributed by atoms with Gasteiger partial charge in [0.15, 0.2) is 0 Å². The van der Waals surface area contributed by atoms with Gasteiger partial charge >= 0.3 is 0 Å². The first-order chi connectivity index (χ1) is 9.65. The maximum atomic E-state index is 12.5. The van der Waals surface area contributed by atoms with E-state index in [4.69, 9.17) is 16.3 Å². The van der Waals surface area contributed by atoms with Gasteiger partial charge in [0.05, 0.1) is 24.6 Å². The molecule has 4 nitrogen and oxygen atoms in total. The fourth-order valence-electron chi connectivity index (χ4n) is 2.15. The van der Waals surface area contributed by atoms with Gasteiger partial charge in [-0.15, -0.1) is 22.9 Å². The van der Waals surface area contributed by atoms with Gasteiger partial charge in [0.1, 0.15) is 5.01 Å². The second-order valence-corrected chi connectivity index (χ2v) is 5.80. The summed E-state index contributed by atoms with van der Waals surface area (Å²) in [5.41, 5.74) is 0.838. The van der Waals surface area contributed by atoms with E-state index in [0.717, 1.165) is 23.5 Å². The Morgan fingerprint density at radius 3 is 2.70 bits per heavy atom. The summed E-state index contributed by atoms with van der Waals surface area (Å²) < 4.78 is 5.11. The van der Waals surface area contributed by atoms with Crippen molar-refractivity contribution in [2.75, 3.05) is 20.3 Å². The van der Waals surface area contributed by atoms with Crippen LogP contribution >= 0.6 is 22.9 Å². The molecule has 1 aromatic rings. The smallest absolute Gasteiger partial charge is 0.229 e. The predicted molar refractivity (Wildman–Crippen MR) is 83.3 cm³/mol. The Hall–Kier alpha value is -0.650. The zero-order chi connectivity index (χ0) is 15.0. The third-order valence-corrected chi connectivity index (χ3v) is 4.45. The SMILES string of the molecule is CCC(CC)N(CCOC)C(=O)Cc1nc(CCl)cs1. The van der Waals surface area contributed by atoms with Crippen molar-refractivity contribution >= 4 is 28.8 Å². The number of amides is 1. The fourth-order valence-corrected chi connectivity index (χ4v) is 3.17. The minimum Gasteiger partial charge on any atom is -0.383 e. The van der Waals surface area contributed by atoms with E-state index in [1.165, 1.54) is 11.3 Å². The van der Waals surface area contributed by atoms with Crippen LogP contribution < -0.4 is 0 Å². The van der Waals surface area contributed by atoms with Crippen LogP contribution in [0.5, 0.6) is 0 Å². The van der Waals surface area contributed by atoms with Crippen LogP contribution in [0.3, 0.4) is 0 Å². The van der Waals surface area contributed by atoms with Crippen LogP contribution in [-0.2, 0) is 21.8 Å². The van der Waals surface area contributed by atoms with Gasteiger partial charge in [-0.1, -0.05) is 13.8 Å². The molecule has 0 fully saturated rings. The molecule has 0 bridgehead atoms. The monoisotopic (exact) mass is 318 g/mol. The minimum atomic E-state index is 0.117. The summed E-state index contributed by atoms with van der Waals surface area (Å²) >= 11 is 7.23. The van der Waals surface area contributed by atoms with Crippen LogP contribution in [0, 0.1) is 0 Å². The molecule has 0 spiro atoms. The largest absolute Gasteiger partial charge is 0.383 e. The van der Waals surface area contributed by atoms with Gasteiger partial charge in [-0.3, -0.25) is 4.79 Å². The van der Waals surface area contributed by atoms with E-state index >= 15 is 0 Å². The molecular formula is C14H23ClN2O2S. The number of aromatic nitrogens is 1. The van der Waals surface area contributed by atoms with Crippen LogP contribution in [0.25, 0.3) is 0 Å². The molecule has 0 radical (unpaired) electrons. The van der Waals surface area contributed by atoms with Gasteiger partial charge in [0.25, 0.3) is 0 Å². The zero-order valence-corrected chi connectivity index (χ0v) is 14.0. The number of carbonyl (C=O) groups is 1. The number of carbonyl (C=O) groups excluding carboxylic acids is 1. The lowest BCUT2D eigenvalue weighted by Crippen LogP contribution is -2.42. The maximum Gasteiger partial charge on any atom is 0.229 e. The lowest BCUT2D eigenvalue weighted by molar-refractivity contribution is -0.133. The Labute approximate surface area is 130 Å². The van der Waals surface area contributed by atoms with Crippen LogP contribution in [0.15, 0.2) is 5.38 Å². The van der Waals surface area contributed by atoms with Crippen molar-refractivity contribution in [2.24, 2.45) is 0 Å². The van der Waals surface area contributed by atoms with Gasteiger partial charge < -0.3 is 9.64 Å². The van der Waals surface area contributed by atoms with Crippen molar-refractivity contribution in [1.29, 1.82) is 0 Å². The molecule has 1 amide bonds. The molecular weight excluding hydrogens is 296 g/mol. The first kappa shape index (κ1) is 17.4. The Kier molecular flexibility index (Phi) is 8.11. The van der Waals surface area contributed by atoms with Gasteiger partial charge in [0.2, 0.25) is 5.91 Å². The first-order valence-electron chi connectivity index (χ1n) is 6.93. The summed E-state index contributed by atoms with van der Waals surface area (Å²) in [6.07, 6.45) is 2.26. The average molecular weight is 319 g/mol. The molecule has 1 heterocycles. The average Bonchev–Trinajstić information content (AvgIpc) is 2.91. The number of hydrogen-bond acceptors (Lipinski definition) is 4. The highest BCUT2D eigenvalue weighted by atomic mass is 35.5. The van der Waals surface area contributed by atoms with Crippen LogP contribution in [0.1, 0.15) is 37.4 Å². The van der Waals surface area contributed by atoms with Crippen LogP contribution in [0.2, 0.25) is 0 Å². The quantitative estimate of drug-likeness (QED) is 0.657. The third kappa shape index (κ3) is 5.04. The Morgan fingerprint density at radius 2 is 2.20 bits per heavy atom. The highest BCUT2D eigenvalue weighted by Gasteiger charge is 2.21. The number of hydrogen-bond donors (Lipinski definition) is 0. The van der Waals surface area contributed by atoms with E-state index in [1.807, 2.05) is 10.3 Å². The van der Waals surface area contributed by atoms with Crippen molar-refractivity contribution in [3.05, 3.63) is 16.1 Å². The lowest BCUT2D eigenvalue weighted by Gasteiger charge is -2.30. The van der Waals surface area contributed by atoms with Gasteiger partial charge in [0, 0.05) is 25.1 Å². The Balaban J connectivity index is 2.70. The van der Waals surface area contributed by atoms with Crippen LogP contribution in [0.4, 0.5) is 0 Å². The molecule has 1 rings (SSSR count). The van der Waals surface area contributed by atoms with Crippen molar-refractivity contribution in [1.82, 2.24) is 9.88 Å². The fraction of sp³-hybridized carbons (Fsp3) is 0.714. The summed E-state index contributed by atoms with van der Waals surface area (Å²) in [7, 11) is 1.66. The number of methoxy groups -OCH3 is 1. The number of rotatable bonds is 9. The zero-order valence-electron chi connectivity index (χ0n) is 12.4. The standard InChI is InChI=1S/C14H23ClN2O2S/c1-4-12(5-2)17(6-7-19-3)14(18)8-13-16-11(9-15)10-20-13/h10,12H,4-9H2,1-3H3. The highest BCUT2D eigenvalue weighted by Crippen LogP contribution is 2.15. The molecule has 114 valence electrons. The number of thiazole rings is 1. The van der Waals surface area contributed by atoms with E-state index < -0.39 is 0 Å². The van der Waals surface area contributed by atoms with Gasteiger partial charge in [-0.05, 0) is 12.8 Å². The second kappa shape index (κ2) is 9.32. The van der Waals surface area contributed by atoms with Crippen molar-refractivity contribution in [3.8, 4) is 0 Å². The van der Waals surface area contributed by atoms with E-state index in [0.29, 0.717) is 25.5 Å². The minimum absolute atomic E-state index is 0.117. The van der Waals surface area contributed by atoms with E-state index in [1.54, 1.807) is 7.11 Å².